The Labute approximate surface area is 375 Å². The third kappa shape index (κ3) is 12.7. The number of aliphatic hydroxyl groups excluding tert-OH is 2. The van der Waals surface area contributed by atoms with Crippen LogP contribution in [0.2, 0.25) is 0 Å². The molecule has 12 heteroatoms. The van der Waals surface area contributed by atoms with E-state index in [2.05, 4.69) is 31.0 Å². The van der Waals surface area contributed by atoms with Crippen molar-refractivity contribution in [1.82, 2.24) is 10.2 Å². The highest BCUT2D eigenvalue weighted by Crippen LogP contribution is 2.62. The zero-order valence-electron chi connectivity index (χ0n) is 38.0. The number of allylic oxidation sites excluding steroid dienone is 1. The molecule has 5 rings (SSSR count). The molecule has 2 aromatic carbocycles. The molecule has 0 saturated heterocycles. The van der Waals surface area contributed by atoms with Crippen LogP contribution in [0.3, 0.4) is 0 Å². The van der Waals surface area contributed by atoms with Crippen molar-refractivity contribution in [1.29, 1.82) is 5.26 Å². The molecule has 1 aliphatic heterocycles. The third-order valence-corrected chi connectivity index (χ3v) is 13.0. The van der Waals surface area contributed by atoms with Gasteiger partial charge in [-0.15, -0.1) is 6.58 Å². The van der Waals surface area contributed by atoms with Crippen LogP contribution in [0.15, 0.2) is 71.9 Å². The SMILES string of the molecule is C=CCO[C@@]12Oc3ccc(OC(=O)NCCCCCCCCCCCC)cc3[C@H]3[C@H](CCCCO)[C@@H](CCCCO)C=C(C(=NOCC)C[C@@H]1N(C)C(=O)c1ccc(C#N)cc1)[C@H]32. The fraction of sp³-hybridized carbons (Fsp3) is 0.608. The predicted molar refractivity (Wildman–Crippen MR) is 246 cm³/mol. The topological polar surface area (TPSA) is 163 Å². The summed E-state index contributed by atoms with van der Waals surface area (Å²) in [5.74, 6) is -1.41. The van der Waals surface area contributed by atoms with Crippen LogP contribution in [0, 0.1) is 29.1 Å². The van der Waals surface area contributed by atoms with Gasteiger partial charge in [0.2, 0.25) is 5.79 Å². The molecule has 3 aliphatic rings. The van der Waals surface area contributed by atoms with Crippen molar-refractivity contribution in [2.24, 2.45) is 22.9 Å². The Bertz CT molecular complexity index is 1870. The number of hydrogen-bond donors (Lipinski definition) is 3. The highest BCUT2D eigenvalue weighted by molar-refractivity contribution is 6.03. The average Bonchev–Trinajstić information content (AvgIpc) is 3.30. The van der Waals surface area contributed by atoms with Gasteiger partial charge in [0, 0.05) is 50.3 Å². The Morgan fingerprint density at radius 3 is 2.29 bits per heavy atom. The van der Waals surface area contributed by atoms with Gasteiger partial charge in [-0.25, -0.2) is 4.79 Å². The lowest BCUT2D eigenvalue weighted by molar-refractivity contribution is -0.252. The molecule has 12 nitrogen and oxygen atoms in total. The second kappa shape index (κ2) is 25.6. The Balaban J connectivity index is 1.52. The normalized spacial score (nSPS) is 22.8. The minimum Gasteiger partial charge on any atom is -0.459 e. The fourth-order valence-electron chi connectivity index (χ4n) is 9.91. The summed E-state index contributed by atoms with van der Waals surface area (Å²) in [6, 6.07) is 13.5. The van der Waals surface area contributed by atoms with Gasteiger partial charge in [0.1, 0.15) is 24.1 Å². The summed E-state index contributed by atoms with van der Waals surface area (Å²) in [7, 11) is 1.75. The summed E-state index contributed by atoms with van der Waals surface area (Å²) in [4.78, 5) is 35.2. The van der Waals surface area contributed by atoms with Gasteiger partial charge in [-0.05, 0) is 98.9 Å². The first-order valence-electron chi connectivity index (χ1n) is 23.7. The quantitative estimate of drug-likeness (QED) is 0.0451. The first-order valence-corrected chi connectivity index (χ1v) is 23.7. The summed E-state index contributed by atoms with van der Waals surface area (Å²) in [6.07, 6.45) is 20.3. The minimum absolute atomic E-state index is 0.0189. The maximum absolute atomic E-state index is 14.5. The lowest BCUT2D eigenvalue weighted by Gasteiger charge is -2.59. The zero-order valence-corrected chi connectivity index (χ0v) is 38.0. The Morgan fingerprint density at radius 1 is 0.952 bits per heavy atom. The van der Waals surface area contributed by atoms with Crippen LogP contribution in [0.25, 0.3) is 0 Å². The number of hydrogen-bond acceptors (Lipinski definition) is 10. The molecule has 6 atom stereocenters. The molecule has 3 N–H and O–H groups in total. The first kappa shape index (κ1) is 49.3. The zero-order chi connectivity index (χ0) is 45.0. The van der Waals surface area contributed by atoms with E-state index in [0.717, 1.165) is 56.1 Å². The maximum Gasteiger partial charge on any atom is 0.412 e. The van der Waals surface area contributed by atoms with Crippen molar-refractivity contribution < 1.29 is 38.9 Å². The summed E-state index contributed by atoms with van der Waals surface area (Å²) in [5.41, 5.74) is 3.34. The van der Waals surface area contributed by atoms with E-state index >= 15 is 0 Å². The number of nitrogens with zero attached hydrogens (tertiary/aromatic N) is 3. The van der Waals surface area contributed by atoms with Crippen LogP contribution < -0.4 is 14.8 Å². The van der Waals surface area contributed by atoms with Crippen LogP contribution >= 0.6 is 0 Å². The number of amides is 2. The van der Waals surface area contributed by atoms with Gasteiger partial charge >= 0.3 is 6.09 Å². The molecule has 1 saturated carbocycles. The number of unbranched alkanes of at least 4 members (excludes halogenated alkanes) is 11. The molecule has 1 fully saturated rings. The van der Waals surface area contributed by atoms with E-state index in [1.165, 1.54) is 44.9 Å². The van der Waals surface area contributed by atoms with Gasteiger partial charge in [-0.2, -0.15) is 5.26 Å². The van der Waals surface area contributed by atoms with Gasteiger partial charge in [0.25, 0.3) is 5.91 Å². The van der Waals surface area contributed by atoms with Crippen LogP contribution in [0.5, 0.6) is 11.5 Å². The number of rotatable bonds is 27. The standard InChI is InChI=1S/C51H72N4O8/c1-5-8-9-10-11-12-13-14-15-18-29-53-50(59)62-40-27-28-45-43(34-40)47-41(22-17-20-31-57)39(21-16-19-30-56)33-42-44(54-61-7-3)35-46(51(63-45,48(42)47)60-32-6-2)55(4)49(58)38-25-23-37(36-52)24-26-38/h6,23-28,33-34,39,41,46-48,56-57H,2,5,7-22,29-32,35H2,1,3-4H3,(H,53,59)/t39-,41+,46-,47+,48+,51+/m0/s1. The van der Waals surface area contributed by atoms with E-state index in [0.29, 0.717) is 54.3 Å². The Morgan fingerprint density at radius 2 is 1.63 bits per heavy atom. The number of oxime groups is 1. The third-order valence-electron chi connectivity index (χ3n) is 13.0. The molecule has 2 aliphatic carbocycles. The molecule has 2 aromatic rings. The average molecular weight is 869 g/mol. The summed E-state index contributed by atoms with van der Waals surface area (Å²) in [5, 5.41) is 36.9. The van der Waals surface area contributed by atoms with E-state index < -0.39 is 23.8 Å². The van der Waals surface area contributed by atoms with E-state index in [4.69, 9.17) is 24.2 Å². The number of fused-ring (bicyclic) bond motifs is 2. The summed E-state index contributed by atoms with van der Waals surface area (Å²) >= 11 is 0. The molecule has 0 unspecified atom stereocenters. The smallest absolute Gasteiger partial charge is 0.412 e. The summed E-state index contributed by atoms with van der Waals surface area (Å²) in [6.45, 7) is 9.29. The van der Waals surface area contributed by atoms with Crippen molar-refractivity contribution in [3.63, 3.8) is 0 Å². The molecule has 2 amide bonds. The first-order chi connectivity index (χ1) is 30.8. The van der Waals surface area contributed by atoms with Gasteiger partial charge in [-0.1, -0.05) is 94.9 Å². The number of carbonyl (C=O) groups is 2. The van der Waals surface area contributed by atoms with Crippen molar-refractivity contribution >= 4 is 17.7 Å². The van der Waals surface area contributed by atoms with Gasteiger partial charge in [-0.3, -0.25) is 4.79 Å². The lowest BCUT2D eigenvalue weighted by atomic mass is 9.55. The van der Waals surface area contributed by atoms with Gasteiger partial charge in [0.05, 0.1) is 29.9 Å². The van der Waals surface area contributed by atoms with Crippen LogP contribution in [0.4, 0.5) is 4.79 Å². The van der Waals surface area contributed by atoms with Crippen molar-refractivity contribution in [2.75, 3.05) is 40.0 Å². The number of nitrogens with one attached hydrogen (secondary N) is 1. The van der Waals surface area contributed by atoms with Crippen molar-refractivity contribution in [3.05, 3.63) is 83.5 Å². The molecular weight excluding hydrogens is 797 g/mol. The van der Waals surface area contributed by atoms with Crippen LogP contribution in [-0.2, 0) is 9.57 Å². The molecular formula is C51H72N4O8. The van der Waals surface area contributed by atoms with Crippen LogP contribution in [-0.4, -0.2) is 84.7 Å². The van der Waals surface area contributed by atoms with E-state index in [9.17, 15) is 25.1 Å². The van der Waals surface area contributed by atoms with Crippen molar-refractivity contribution in [2.45, 2.75) is 141 Å². The maximum atomic E-state index is 14.5. The predicted octanol–water partition coefficient (Wildman–Crippen LogP) is 9.99. The summed E-state index contributed by atoms with van der Waals surface area (Å²) < 4.78 is 20.1. The second-order valence-corrected chi connectivity index (χ2v) is 17.3. The minimum atomic E-state index is -1.42. The number of aliphatic hydroxyl groups is 2. The molecule has 1 heterocycles. The molecule has 344 valence electrons. The largest absolute Gasteiger partial charge is 0.459 e. The Kier molecular flexibility index (Phi) is 20.0. The Hall–Kier alpha value is -4.70. The van der Waals surface area contributed by atoms with Gasteiger partial charge < -0.3 is 39.5 Å². The second-order valence-electron chi connectivity index (χ2n) is 17.3. The van der Waals surface area contributed by atoms with E-state index in [1.807, 2.05) is 19.1 Å². The number of carbonyl (C=O) groups excluding carboxylic acids is 2. The van der Waals surface area contributed by atoms with Crippen molar-refractivity contribution in [3.8, 4) is 17.6 Å². The molecule has 0 spiro atoms. The fourth-order valence-corrected chi connectivity index (χ4v) is 9.91. The van der Waals surface area contributed by atoms with Gasteiger partial charge in [0.15, 0.2) is 0 Å². The number of benzene rings is 2. The van der Waals surface area contributed by atoms with E-state index in [1.54, 1.807) is 48.4 Å². The monoisotopic (exact) mass is 869 g/mol. The van der Waals surface area contributed by atoms with E-state index in [-0.39, 0.29) is 49.9 Å². The number of likely N-dealkylation sites (N-methyl/N-ethyl adjacent to an activating group) is 1. The molecule has 63 heavy (non-hydrogen) atoms. The molecule has 0 radical (unpaired) electrons. The highest BCUT2D eigenvalue weighted by Gasteiger charge is 2.65. The number of nitriles is 1. The molecule has 0 aromatic heterocycles. The lowest BCUT2D eigenvalue weighted by Crippen LogP contribution is -2.69. The highest BCUT2D eigenvalue weighted by atomic mass is 16.7. The van der Waals surface area contributed by atoms with Crippen LogP contribution in [0.1, 0.15) is 150 Å². The number of ether oxygens (including phenoxy) is 3. The molecule has 0 bridgehead atoms.